The number of hydrogen-bond donors (Lipinski definition) is 3. The first kappa shape index (κ1) is 13.4. The third kappa shape index (κ3) is 3.26. The van der Waals surface area contributed by atoms with Crippen LogP contribution in [0.1, 0.15) is 10.4 Å². The van der Waals surface area contributed by atoms with Crippen molar-refractivity contribution in [2.45, 2.75) is 0 Å². The van der Waals surface area contributed by atoms with E-state index in [-0.39, 0.29) is 23.8 Å². The lowest BCUT2D eigenvalue weighted by Crippen LogP contribution is -2.14. The zero-order chi connectivity index (χ0) is 13.8. The fraction of sp³-hybridized carbons (Fsp3) is 0.0714. The summed E-state index contributed by atoms with van der Waals surface area (Å²) in [5.74, 6) is -0.715. The first-order valence-electron chi connectivity index (χ1n) is 5.61. The van der Waals surface area contributed by atoms with Crippen LogP contribution in [-0.4, -0.2) is 22.5 Å². The minimum atomic E-state index is -0.299. The Morgan fingerprint density at radius 2 is 1.84 bits per heavy atom. The lowest BCUT2D eigenvalue weighted by Gasteiger charge is -2.08. The number of para-hydroxylation sites is 1. The van der Waals surface area contributed by atoms with Crippen molar-refractivity contribution in [3.05, 3.63) is 52.5 Å². The Morgan fingerprint density at radius 3 is 2.53 bits per heavy atom. The molecule has 0 aliphatic carbocycles. The van der Waals surface area contributed by atoms with Crippen molar-refractivity contribution in [1.82, 2.24) is 0 Å². The van der Waals surface area contributed by atoms with Crippen molar-refractivity contribution in [1.29, 1.82) is 0 Å². The minimum Gasteiger partial charge on any atom is -0.504 e. The van der Waals surface area contributed by atoms with Crippen LogP contribution in [0.25, 0.3) is 0 Å². The molecule has 3 N–H and O–H groups in total. The van der Waals surface area contributed by atoms with Gasteiger partial charge in [-0.15, -0.1) is 0 Å². The van der Waals surface area contributed by atoms with E-state index in [9.17, 15) is 15.0 Å². The van der Waals surface area contributed by atoms with Crippen molar-refractivity contribution in [2.75, 3.05) is 11.9 Å². The average Bonchev–Trinajstić information content (AvgIpc) is 2.40. The first-order valence-corrected chi connectivity index (χ1v) is 6.41. The summed E-state index contributed by atoms with van der Waals surface area (Å²) in [6, 6.07) is 11.5. The maximum absolute atomic E-state index is 11.9. The van der Waals surface area contributed by atoms with E-state index in [1.807, 2.05) is 24.3 Å². The molecule has 0 heterocycles. The molecule has 0 spiro atoms. The monoisotopic (exact) mass is 321 g/mol. The van der Waals surface area contributed by atoms with Crippen LogP contribution in [0.4, 0.5) is 5.69 Å². The molecule has 0 saturated carbocycles. The lowest BCUT2D eigenvalue weighted by molar-refractivity contribution is 0.101. The van der Waals surface area contributed by atoms with Gasteiger partial charge in [0.15, 0.2) is 17.3 Å². The Hall–Kier alpha value is -2.01. The van der Waals surface area contributed by atoms with Gasteiger partial charge in [-0.2, -0.15) is 0 Å². The van der Waals surface area contributed by atoms with E-state index < -0.39 is 0 Å². The highest BCUT2D eigenvalue weighted by Gasteiger charge is 2.09. The number of ketones is 1. The van der Waals surface area contributed by atoms with Crippen LogP contribution in [0, 0.1) is 0 Å². The highest BCUT2D eigenvalue weighted by Crippen LogP contribution is 2.25. The molecule has 0 atom stereocenters. The predicted molar refractivity (Wildman–Crippen MR) is 76.7 cm³/mol. The van der Waals surface area contributed by atoms with E-state index in [0.29, 0.717) is 5.56 Å². The molecule has 98 valence electrons. The lowest BCUT2D eigenvalue weighted by atomic mass is 10.1. The first-order chi connectivity index (χ1) is 9.08. The number of carbonyl (C=O) groups excluding carboxylic acids is 1. The van der Waals surface area contributed by atoms with Gasteiger partial charge >= 0.3 is 0 Å². The summed E-state index contributed by atoms with van der Waals surface area (Å²) in [5.41, 5.74) is 1.16. The molecule has 0 aliphatic heterocycles. The van der Waals surface area contributed by atoms with Crippen LogP contribution in [0.15, 0.2) is 46.9 Å². The predicted octanol–water partition coefficient (Wildman–Crippen LogP) is 3.16. The SMILES string of the molecule is O=C(CNc1ccccc1Br)c1ccc(O)c(O)c1. The number of carbonyl (C=O) groups is 1. The molecule has 0 radical (unpaired) electrons. The fourth-order valence-corrected chi connectivity index (χ4v) is 2.00. The molecule has 19 heavy (non-hydrogen) atoms. The summed E-state index contributed by atoms with van der Waals surface area (Å²) in [5, 5.41) is 21.5. The van der Waals surface area contributed by atoms with Crippen molar-refractivity contribution in [2.24, 2.45) is 0 Å². The van der Waals surface area contributed by atoms with Gasteiger partial charge in [0.2, 0.25) is 0 Å². The van der Waals surface area contributed by atoms with E-state index in [1.54, 1.807) is 0 Å². The van der Waals surface area contributed by atoms with Crippen molar-refractivity contribution in [3.63, 3.8) is 0 Å². The number of halogens is 1. The molecular weight excluding hydrogens is 310 g/mol. The topological polar surface area (TPSA) is 69.6 Å². The molecule has 0 aromatic heterocycles. The van der Waals surface area contributed by atoms with E-state index in [4.69, 9.17) is 0 Å². The second kappa shape index (κ2) is 5.75. The maximum Gasteiger partial charge on any atom is 0.181 e. The second-order valence-electron chi connectivity index (χ2n) is 3.96. The van der Waals surface area contributed by atoms with E-state index in [1.165, 1.54) is 18.2 Å². The number of anilines is 1. The van der Waals surface area contributed by atoms with Crippen LogP contribution >= 0.6 is 15.9 Å². The second-order valence-corrected chi connectivity index (χ2v) is 4.81. The summed E-state index contributed by atoms with van der Waals surface area (Å²) in [4.78, 5) is 11.9. The Kier molecular flexibility index (Phi) is 4.06. The number of phenols is 2. The van der Waals surface area contributed by atoms with Crippen molar-refractivity contribution >= 4 is 27.4 Å². The maximum atomic E-state index is 11.9. The Balaban J connectivity index is 2.05. The van der Waals surface area contributed by atoms with Gasteiger partial charge in [0.05, 0.1) is 6.54 Å². The van der Waals surface area contributed by atoms with Gasteiger partial charge in [0.25, 0.3) is 0 Å². The third-order valence-corrected chi connectivity index (χ3v) is 3.30. The zero-order valence-electron chi connectivity index (χ0n) is 9.93. The number of nitrogens with one attached hydrogen (secondary N) is 1. The van der Waals surface area contributed by atoms with E-state index in [0.717, 1.165) is 10.2 Å². The average molecular weight is 322 g/mol. The quantitative estimate of drug-likeness (QED) is 0.597. The van der Waals surface area contributed by atoms with Gasteiger partial charge in [-0.25, -0.2) is 0 Å². The highest BCUT2D eigenvalue weighted by atomic mass is 79.9. The molecule has 0 saturated heterocycles. The molecule has 0 fully saturated rings. The standard InChI is InChI=1S/C14H12BrNO3/c15-10-3-1-2-4-11(10)16-8-14(19)9-5-6-12(17)13(18)7-9/h1-7,16-18H,8H2. The molecule has 4 nitrogen and oxygen atoms in total. The van der Waals surface area contributed by atoms with E-state index in [2.05, 4.69) is 21.2 Å². The van der Waals surface area contributed by atoms with Gasteiger partial charge in [0.1, 0.15) is 0 Å². The molecule has 0 amide bonds. The number of benzene rings is 2. The van der Waals surface area contributed by atoms with Crippen LogP contribution in [-0.2, 0) is 0 Å². The highest BCUT2D eigenvalue weighted by molar-refractivity contribution is 9.10. The van der Waals surface area contributed by atoms with Gasteiger partial charge in [-0.3, -0.25) is 4.79 Å². The van der Waals surface area contributed by atoms with Crippen LogP contribution in [0.5, 0.6) is 11.5 Å². The summed E-state index contributed by atoms with van der Waals surface area (Å²) in [6.45, 7) is 0.104. The number of phenolic OH excluding ortho intramolecular Hbond substituents is 2. The van der Waals surface area contributed by atoms with Crippen LogP contribution in [0.3, 0.4) is 0 Å². The molecular formula is C14H12BrNO3. The van der Waals surface area contributed by atoms with Gasteiger partial charge in [-0.05, 0) is 46.3 Å². The number of aromatic hydroxyl groups is 2. The smallest absolute Gasteiger partial charge is 0.181 e. The summed E-state index contributed by atoms with van der Waals surface area (Å²) < 4.78 is 0.872. The molecule has 2 aromatic rings. The summed E-state index contributed by atoms with van der Waals surface area (Å²) in [6.07, 6.45) is 0. The fourth-order valence-electron chi connectivity index (χ4n) is 1.58. The van der Waals surface area contributed by atoms with Crippen molar-refractivity contribution in [3.8, 4) is 11.5 Å². The molecule has 0 aliphatic rings. The minimum absolute atomic E-state index is 0.104. The normalized spacial score (nSPS) is 10.2. The number of rotatable bonds is 4. The molecule has 2 rings (SSSR count). The van der Waals surface area contributed by atoms with Gasteiger partial charge in [-0.1, -0.05) is 12.1 Å². The van der Waals surface area contributed by atoms with E-state index >= 15 is 0 Å². The Labute approximate surface area is 118 Å². The Morgan fingerprint density at radius 1 is 1.11 bits per heavy atom. The summed E-state index contributed by atoms with van der Waals surface area (Å²) in [7, 11) is 0. The van der Waals surface area contributed by atoms with Crippen LogP contribution < -0.4 is 5.32 Å². The molecule has 0 bridgehead atoms. The molecule has 2 aromatic carbocycles. The van der Waals surface area contributed by atoms with Crippen molar-refractivity contribution < 1.29 is 15.0 Å². The molecule has 0 unspecified atom stereocenters. The third-order valence-electron chi connectivity index (χ3n) is 2.61. The summed E-state index contributed by atoms with van der Waals surface area (Å²) >= 11 is 3.38. The number of hydrogen-bond acceptors (Lipinski definition) is 4. The van der Waals surface area contributed by atoms with Gasteiger partial charge in [0, 0.05) is 15.7 Å². The largest absolute Gasteiger partial charge is 0.504 e. The number of Topliss-reactive ketones (excluding diaryl/α,β-unsaturated/α-hetero) is 1. The van der Waals surface area contributed by atoms with Crippen LogP contribution in [0.2, 0.25) is 0 Å². The zero-order valence-corrected chi connectivity index (χ0v) is 11.5. The Bertz CT molecular complexity index is 613. The molecule has 5 heteroatoms. The van der Waals surface area contributed by atoms with Gasteiger partial charge < -0.3 is 15.5 Å².